The summed E-state index contributed by atoms with van der Waals surface area (Å²) < 4.78 is 5.73. The van der Waals surface area contributed by atoms with Crippen molar-refractivity contribution in [1.82, 2.24) is 0 Å². The lowest BCUT2D eigenvalue weighted by atomic mass is 9.84. The van der Waals surface area contributed by atoms with Gasteiger partial charge in [-0.3, -0.25) is 0 Å². The fourth-order valence-electron chi connectivity index (χ4n) is 23.4. The van der Waals surface area contributed by atoms with Gasteiger partial charge in [0.1, 0.15) is 32.3 Å². The fraction of sp³-hybridized carbons (Fsp3) is 0.480. The zero-order valence-corrected chi connectivity index (χ0v) is 100. The number of benzene rings is 10. The summed E-state index contributed by atoms with van der Waals surface area (Å²) in [6, 6.07) is 55.8. The minimum Gasteiger partial charge on any atom is -0.144 e. The van der Waals surface area contributed by atoms with E-state index in [1.165, 1.54) is 193 Å². The Kier molecular flexibility index (Phi) is 35.0. The highest BCUT2D eigenvalue weighted by Crippen LogP contribution is 2.62. The van der Waals surface area contributed by atoms with E-state index in [0.717, 1.165) is 6.42 Å². The van der Waals surface area contributed by atoms with E-state index in [9.17, 15) is 0 Å². The summed E-state index contributed by atoms with van der Waals surface area (Å²) in [5.74, 6) is 16.0. The van der Waals surface area contributed by atoms with Crippen LogP contribution < -0.4 is 0 Å². The van der Waals surface area contributed by atoms with Crippen molar-refractivity contribution in [3.05, 3.63) is 229 Å². The third-order valence-corrected chi connectivity index (χ3v) is 64.9. The predicted molar refractivity (Wildman–Crippen MR) is 642 cm³/mol. The Morgan fingerprint density at radius 1 is 0.307 bits per heavy atom. The number of hydrogen-bond donors (Lipinski definition) is 0. The van der Waals surface area contributed by atoms with Crippen LogP contribution in [-0.4, -0.2) is 32.3 Å². The molecular formula is C127H166S6Si4. The van der Waals surface area contributed by atoms with Crippen LogP contribution in [0.2, 0.25) is 66.5 Å². The molecule has 0 nitrogen and oxygen atoms in total. The van der Waals surface area contributed by atoms with Gasteiger partial charge in [-0.25, -0.2) is 0 Å². The van der Waals surface area contributed by atoms with Gasteiger partial charge >= 0.3 is 0 Å². The summed E-state index contributed by atoms with van der Waals surface area (Å²) in [5, 5.41) is 22.3. The van der Waals surface area contributed by atoms with Crippen molar-refractivity contribution in [1.29, 1.82) is 0 Å². The predicted octanol–water partition coefficient (Wildman–Crippen LogP) is 42.7. The van der Waals surface area contributed by atoms with Gasteiger partial charge in [-0.05, 0) is 290 Å². The molecule has 2 aromatic heterocycles. The lowest BCUT2D eigenvalue weighted by molar-refractivity contribution is 0.535. The second-order valence-corrected chi connectivity index (χ2v) is 76.9. The molecule has 10 aromatic carbocycles. The second kappa shape index (κ2) is 43.9. The quantitative estimate of drug-likeness (QED) is 0.0477. The maximum absolute atomic E-state index is 4.14. The number of hydrogen-bond acceptors (Lipinski definition) is 6. The molecule has 1 aliphatic carbocycles. The first-order valence-electron chi connectivity index (χ1n) is 52.1. The van der Waals surface area contributed by atoms with Crippen LogP contribution in [0.3, 0.4) is 0 Å². The molecule has 0 bridgehead atoms. The molecule has 10 heteroatoms. The molecule has 137 heavy (non-hydrogen) atoms. The molecule has 2 aliphatic heterocycles. The van der Waals surface area contributed by atoms with Gasteiger partial charge in [0.15, 0.2) is 0 Å². The largest absolute Gasteiger partial charge is 0.146 e. The first-order chi connectivity index (χ1) is 64.2. The van der Waals surface area contributed by atoms with Crippen LogP contribution in [0.25, 0.3) is 95.9 Å². The Hall–Kier alpha value is -6.59. The molecule has 0 atom stereocenters. The molecule has 0 saturated carbocycles. The molecule has 0 fully saturated rings. The topological polar surface area (TPSA) is 0 Å². The van der Waals surface area contributed by atoms with Gasteiger partial charge in [0.05, 0.1) is 8.47 Å². The Bertz CT molecular complexity index is 6580. The molecular weight excluding hydrogens is 1830 g/mol. The summed E-state index contributed by atoms with van der Waals surface area (Å²) in [7, 11) is -7.94. The van der Waals surface area contributed by atoms with E-state index in [-0.39, 0.29) is 21.7 Å². The first kappa shape index (κ1) is 109. The highest BCUT2D eigenvalue weighted by molar-refractivity contribution is 8.34. The van der Waals surface area contributed by atoms with E-state index in [1.807, 2.05) is 46.2 Å². The standard InChI is InChI=1S/C48H62Si2.C44H58S2Si2.C18H28S4.C17H18/c1-31(2)49(32(3)4,33(5)6)24-22-42-44-27-37-18-16-17-19-38(37)28-45(44)43(23-25-50(34(7)8,35(9)10)36(11)12)47-30-40-26-41(48(13,14)15)21-20-39(40)29-46(42)47;1-27(2)47(28(3)4,29(5)6)20-17-35-37-22-33-16-19-45-41(33)25-39(37)36(18-21-48(30(7)8,31(9)10)32(11)12)38-23-34-24-43(44(13,14)15)46-42(34)26-40(35)38;1-6-8-10-13-14(11-9-7-2)21-17(20-13)16-19-12-15(22-16)18(3,4)5;1-17(2,3)14-8-9-16-13(11-14)10-12-6-4-5-7-15(12)16/h16-21,26-36H,1-15H3;16,19,22-32H,1-15H3;12H,6-11H2,1-5H3;4-9,11H,10H2,1-3H3. The molecule has 0 radical (unpaired) electrons. The van der Waals surface area contributed by atoms with E-state index in [1.54, 1.807) is 14.0 Å². The normalized spacial score (nSPS) is 14.2. The highest BCUT2D eigenvalue weighted by Gasteiger charge is 2.46. The van der Waals surface area contributed by atoms with Crippen LogP contribution in [0, 0.1) is 51.3 Å². The number of allylic oxidation sites excluding steroid dienone is 3. The third-order valence-electron chi connectivity index (χ3n) is 31.3. The van der Waals surface area contributed by atoms with E-state index in [4.69, 9.17) is 0 Å². The molecule has 0 saturated heterocycles. The van der Waals surface area contributed by atoms with E-state index in [2.05, 4.69) is 489 Å². The minimum atomic E-state index is -2.00. The number of thiophene rings is 2. The van der Waals surface area contributed by atoms with Crippen molar-refractivity contribution >= 4 is 187 Å². The summed E-state index contributed by atoms with van der Waals surface area (Å²) in [4.78, 5) is 6.26. The Balaban J connectivity index is 0.000000178. The molecule has 3 aliphatic rings. The summed E-state index contributed by atoms with van der Waals surface area (Å²) in [6.45, 7) is 90.3. The zero-order chi connectivity index (χ0) is 101. The van der Waals surface area contributed by atoms with Gasteiger partial charge < -0.3 is 0 Å². The second-order valence-electron chi connectivity index (χ2n) is 47.9. The van der Waals surface area contributed by atoms with Gasteiger partial charge in [0.2, 0.25) is 0 Å². The van der Waals surface area contributed by atoms with Crippen LogP contribution in [0.5, 0.6) is 0 Å². The monoisotopic (exact) mass is 2000 g/mol. The van der Waals surface area contributed by atoms with Crippen LogP contribution >= 0.6 is 69.7 Å². The van der Waals surface area contributed by atoms with Crippen LogP contribution in [0.1, 0.15) is 351 Å². The van der Waals surface area contributed by atoms with Crippen LogP contribution in [0.15, 0.2) is 180 Å². The van der Waals surface area contributed by atoms with Gasteiger partial charge in [-0.2, -0.15) is 0 Å². The maximum Gasteiger partial charge on any atom is 0.146 e. The molecule has 4 heterocycles. The SMILES string of the molecule is CC(C)(C)c1ccc2c(c1)Cc1ccccc1-2.CC(C)[Si](C#Cc1c2cc3cc(C(C)(C)C)sc3cc2c(C#C[Si](C(C)C)(C(C)C)C(C)C)c2cc3ccsc3cc12)(C(C)C)C(C)C.CC(C)[Si](C#Cc1c2cc3ccccc3cc2c(C#C[Si](C(C)C)(C(C)C)C(C)C)c2cc3cc(C(C)(C)C)ccc3cc12)(C(C)C)C(C)C.CCCCC1=C(CCCC)SC(=C2SC=C(C(C)(C)C)S2)S1. The number of fused-ring (bicyclic) bond motifs is 11. The van der Waals surface area contributed by atoms with Crippen molar-refractivity contribution in [2.24, 2.45) is 5.41 Å². The number of rotatable bonds is 18. The minimum absolute atomic E-state index is 0.0697. The van der Waals surface area contributed by atoms with Crippen molar-refractivity contribution in [3.63, 3.8) is 0 Å². The lowest BCUT2D eigenvalue weighted by Crippen LogP contribution is -2.43. The Morgan fingerprint density at radius 2 is 0.657 bits per heavy atom. The van der Waals surface area contributed by atoms with Gasteiger partial charge in [0, 0.05) is 62.0 Å². The Morgan fingerprint density at radius 3 is 1.04 bits per heavy atom. The highest BCUT2D eigenvalue weighted by atomic mass is 32.2. The van der Waals surface area contributed by atoms with Gasteiger partial charge in [-0.15, -0.1) is 44.8 Å². The maximum atomic E-state index is 4.14. The van der Waals surface area contributed by atoms with Crippen molar-refractivity contribution in [2.45, 2.75) is 391 Å². The molecule has 0 spiro atoms. The number of thioether (sulfide) groups is 4. The van der Waals surface area contributed by atoms with Crippen molar-refractivity contribution < 1.29 is 0 Å². The van der Waals surface area contributed by atoms with Crippen molar-refractivity contribution in [2.75, 3.05) is 0 Å². The molecule has 0 amide bonds. The molecule has 15 rings (SSSR count). The fourth-order valence-corrected chi connectivity index (χ4v) is 52.0. The summed E-state index contributed by atoms with van der Waals surface area (Å²) in [5.41, 5.74) is 37.4. The molecule has 12 aromatic rings. The summed E-state index contributed by atoms with van der Waals surface area (Å²) >= 11 is 11.8. The first-order valence-corrected chi connectivity index (χ1v) is 66.1. The van der Waals surface area contributed by atoms with Gasteiger partial charge in [0.25, 0.3) is 0 Å². The lowest BCUT2D eigenvalue weighted by Gasteiger charge is -2.38. The summed E-state index contributed by atoms with van der Waals surface area (Å²) in [6.07, 6.45) is 8.88. The van der Waals surface area contributed by atoms with Crippen LogP contribution in [-0.2, 0) is 22.7 Å². The average Bonchev–Trinajstić information content (AvgIpc) is 1.63. The third kappa shape index (κ3) is 22.7. The molecule has 726 valence electrons. The van der Waals surface area contributed by atoms with E-state index < -0.39 is 32.3 Å². The Labute approximate surface area is 861 Å². The van der Waals surface area contributed by atoms with Crippen LogP contribution in [0.4, 0.5) is 0 Å². The number of unbranched alkanes of at least 4 members (excludes halogenated alkanes) is 2. The van der Waals surface area contributed by atoms with E-state index >= 15 is 0 Å². The van der Waals surface area contributed by atoms with E-state index in [0.29, 0.717) is 66.5 Å². The average molecular weight is 2000 g/mol. The van der Waals surface area contributed by atoms with Crippen molar-refractivity contribution in [3.8, 4) is 57.0 Å². The molecule has 0 unspecified atom stereocenters. The molecule has 0 N–H and O–H groups in total. The van der Waals surface area contributed by atoms with Gasteiger partial charge in [-0.1, -0.05) is 432 Å². The zero-order valence-electron chi connectivity index (χ0n) is 91.3. The smallest absolute Gasteiger partial charge is 0.144 e.